The Labute approximate surface area is 213 Å². The Morgan fingerprint density at radius 1 is 0.865 bits per heavy atom. The lowest BCUT2D eigenvalue weighted by Gasteiger charge is -2.25. The molecule has 4 amide bonds. The lowest BCUT2D eigenvalue weighted by atomic mass is 10.0. The monoisotopic (exact) mass is 522 g/mol. The fraction of sp³-hybridized carbons (Fsp3) is 0.455. The molecule has 1 aromatic carbocycles. The number of carboxylic acid groups (broad SMARTS) is 1. The third-order valence-corrected chi connectivity index (χ3v) is 5.05. The average molecular weight is 523 g/mol. The predicted molar refractivity (Wildman–Crippen MR) is 132 cm³/mol. The summed E-state index contributed by atoms with van der Waals surface area (Å²) in [5.74, 6) is -4.92. The summed E-state index contributed by atoms with van der Waals surface area (Å²) in [6, 6.07) is 3.27. The van der Waals surface area contributed by atoms with Crippen LogP contribution >= 0.6 is 0 Å². The molecular weight excluding hydrogens is 488 g/mol. The number of carbonyl (C=O) groups excluding carboxylic acids is 4. The molecule has 4 unspecified atom stereocenters. The molecule has 0 aliphatic rings. The molecule has 15 nitrogen and oxygen atoms in total. The number of amides is 4. The molecule has 0 bridgehead atoms. The highest BCUT2D eigenvalue weighted by molar-refractivity contribution is 5.95. The number of aliphatic hydroxyl groups excluding tert-OH is 1. The van der Waals surface area contributed by atoms with Crippen LogP contribution in [-0.2, 0) is 30.4 Å². The third-order valence-electron chi connectivity index (χ3n) is 5.05. The zero-order valence-corrected chi connectivity index (χ0v) is 20.1. The predicted octanol–water partition coefficient (Wildman–Crippen LogP) is -3.98. The van der Waals surface area contributed by atoms with E-state index < -0.39 is 66.8 Å². The van der Waals surface area contributed by atoms with Crippen LogP contribution in [0.3, 0.4) is 0 Å². The van der Waals surface area contributed by atoms with E-state index in [1.807, 2.05) is 0 Å². The summed E-state index contributed by atoms with van der Waals surface area (Å²) in [5, 5.41) is 25.5. The molecule has 0 heterocycles. The van der Waals surface area contributed by atoms with Gasteiger partial charge in [0.1, 0.15) is 18.1 Å². The van der Waals surface area contributed by atoms with Gasteiger partial charge >= 0.3 is 5.97 Å². The number of nitrogens with two attached hydrogens (primary N) is 4. The van der Waals surface area contributed by atoms with Crippen LogP contribution in [0.4, 0.5) is 0 Å². The van der Waals surface area contributed by atoms with Gasteiger partial charge in [-0.3, -0.25) is 24.2 Å². The molecule has 0 radical (unpaired) electrons. The smallest absolute Gasteiger partial charge is 0.328 e. The van der Waals surface area contributed by atoms with Crippen molar-refractivity contribution in [2.45, 2.75) is 49.9 Å². The molecule has 1 rings (SSSR count). The molecule has 37 heavy (non-hydrogen) atoms. The topological polar surface area (TPSA) is 278 Å². The Balaban J connectivity index is 3.11. The largest absolute Gasteiger partial charge is 0.480 e. The summed E-state index contributed by atoms with van der Waals surface area (Å²) in [6.45, 7) is -0.753. The van der Waals surface area contributed by atoms with Crippen molar-refractivity contribution in [1.29, 1.82) is 0 Å². The maximum absolute atomic E-state index is 13.2. The molecule has 0 aromatic heterocycles. The lowest BCUT2D eigenvalue weighted by molar-refractivity contribution is -0.143. The summed E-state index contributed by atoms with van der Waals surface area (Å²) in [4.78, 5) is 64.6. The van der Waals surface area contributed by atoms with Gasteiger partial charge in [-0.25, -0.2) is 4.79 Å². The van der Waals surface area contributed by atoms with Crippen LogP contribution in [0.2, 0.25) is 0 Å². The van der Waals surface area contributed by atoms with E-state index in [9.17, 15) is 29.1 Å². The number of nitrogens with one attached hydrogen (secondary N) is 3. The molecule has 1 aromatic rings. The maximum atomic E-state index is 13.2. The van der Waals surface area contributed by atoms with Crippen molar-refractivity contribution in [2.24, 2.45) is 27.9 Å². The van der Waals surface area contributed by atoms with Crippen LogP contribution < -0.4 is 38.9 Å². The molecule has 15 heteroatoms. The Hall–Kier alpha value is -4.24. The molecule has 204 valence electrons. The van der Waals surface area contributed by atoms with Gasteiger partial charge in [0, 0.05) is 13.0 Å². The zero-order chi connectivity index (χ0) is 28.0. The molecule has 0 aliphatic carbocycles. The van der Waals surface area contributed by atoms with Crippen molar-refractivity contribution >= 4 is 35.6 Å². The minimum absolute atomic E-state index is 0.000681. The summed E-state index contributed by atoms with van der Waals surface area (Å²) in [7, 11) is 0. The summed E-state index contributed by atoms with van der Waals surface area (Å²) >= 11 is 0. The molecule has 4 atom stereocenters. The van der Waals surface area contributed by atoms with Crippen molar-refractivity contribution in [3.8, 4) is 0 Å². The van der Waals surface area contributed by atoms with Crippen LogP contribution in [0.15, 0.2) is 35.3 Å². The average Bonchev–Trinajstić information content (AvgIpc) is 2.83. The number of primary amides is 1. The number of aliphatic carboxylic acids is 1. The summed E-state index contributed by atoms with van der Waals surface area (Å²) < 4.78 is 0. The van der Waals surface area contributed by atoms with Crippen LogP contribution in [0.25, 0.3) is 0 Å². The van der Waals surface area contributed by atoms with Gasteiger partial charge in [0.2, 0.25) is 23.6 Å². The highest BCUT2D eigenvalue weighted by atomic mass is 16.4. The molecule has 0 saturated carbocycles. The number of aliphatic hydroxyl groups is 1. The minimum atomic E-state index is -1.60. The fourth-order valence-corrected chi connectivity index (χ4v) is 3.15. The van der Waals surface area contributed by atoms with E-state index in [0.29, 0.717) is 5.56 Å². The van der Waals surface area contributed by atoms with Crippen molar-refractivity contribution in [2.75, 3.05) is 13.2 Å². The van der Waals surface area contributed by atoms with Crippen LogP contribution in [0.1, 0.15) is 24.8 Å². The van der Waals surface area contributed by atoms with E-state index in [2.05, 4.69) is 20.9 Å². The summed E-state index contributed by atoms with van der Waals surface area (Å²) in [6.07, 6.45) is -0.205. The first kappa shape index (κ1) is 30.8. The fourth-order valence-electron chi connectivity index (χ4n) is 3.15. The quantitative estimate of drug-likeness (QED) is 0.0576. The zero-order valence-electron chi connectivity index (χ0n) is 20.1. The number of aliphatic imine (C=N–C) groups is 1. The number of rotatable bonds is 16. The van der Waals surface area contributed by atoms with E-state index in [1.165, 1.54) is 0 Å². The standard InChI is InChI=1S/C22H34N8O7/c23-13(10-17(24)32)18(33)29-15(9-12-5-2-1-3-6-12)20(35)28-14(7-4-8-27-22(25)26)19(34)30-16(11-31)21(36)37/h1-3,5-6,13-16,31H,4,7-11,23H2,(H2,24,32)(H,28,35)(H,29,33)(H,30,34)(H,36,37)(H4,25,26,27). The van der Waals surface area contributed by atoms with Gasteiger partial charge < -0.3 is 49.1 Å². The van der Waals surface area contributed by atoms with Gasteiger partial charge in [-0.15, -0.1) is 0 Å². The second kappa shape index (κ2) is 15.7. The number of nitrogens with zero attached hydrogens (tertiary/aromatic N) is 1. The lowest BCUT2D eigenvalue weighted by Crippen LogP contribution is -2.58. The Bertz CT molecular complexity index is 969. The number of hydrogen-bond donors (Lipinski definition) is 9. The first-order chi connectivity index (χ1) is 17.4. The van der Waals surface area contributed by atoms with Gasteiger partial charge in [0.05, 0.1) is 19.1 Å². The molecule has 13 N–H and O–H groups in total. The van der Waals surface area contributed by atoms with E-state index in [0.717, 1.165) is 0 Å². The van der Waals surface area contributed by atoms with Gasteiger partial charge in [0.25, 0.3) is 0 Å². The van der Waals surface area contributed by atoms with Crippen LogP contribution in [-0.4, -0.2) is 83.1 Å². The van der Waals surface area contributed by atoms with E-state index in [1.54, 1.807) is 30.3 Å². The molecule has 0 spiro atoms. The molecular formula is C22H34N8O7. The first-order valence-electron chi connectivity index (χ1n) is 11.3. The third kappa shape index (κ3) is 11.8. The van der Waals surface area contributed by atoms with Crippen molar-refractivity contribution in [1.82, 2.24) is 16.0 Å². The molecule has 0 aliphatic heterocycles. The first-order valence-corrected chi connectivity index (χ1v) is 11.3. The minimum Gasteiger partial charge on any atom is -0.480 e. The van der Waals surface area contributed by atoms with E-state index in [-0.39, 0.29) is 31.8 Å². The second-order valence-corrected chi connectivity index (χ2v) is 8.12. The van der Waals surface area contributed by atoms with Crippen LogP contribution in [0, 0.1) is 0 Å². The van der Waals surface area contributed by atoms with E-state index in [4.69, 9.17) is 28.0 Å². The maximum Gasteiger partial charge on any atom is 0.328 e. The number of benzene rings is 1. The molecule has 0 saturated heterocycles. The second-order valence-electron chi connectivity index (χ2n) is 8.12. The number of hydrogen-bond acceptors (Lipinski definition) is 8. The summed E-state index contributed by atoms with van der Waals surface area (Å²) in [5.41, 5.74) is 22.0. The van der Waals surface area contributed by atoms with E-state index >= 15 is 0 Å². The highest BCUT2D eigenvalue weighted by Crippen LogP contribution is 2.07. The van der Waals surface area contributed by atoms with Crippen LogP contribution in [0.5, 0.6) is 0 Å². The Morgan fingerprint density at radius 3 is 1.97 bits per heavy atom. The van der Waals surface area contributed by atoms with Gasteiger partial charge in [-0.05, 0) is 18.4 Å². The molecule has 0 fully saturated rings. The number of carboxylic acids is 1. The number of carbonyl (C=O) groups is 5. The highest BCUT2D eigenvalue weighted by Gasteiger charge is 2.30. The van der Waals surface area contributed by atoms with Gasteiger partial charge in [-0.1, -0.05) is 30.3 Å². The van der Waals surface area contributed by atoms with Crippen molar-refractivity contribution in [3.05, 3.63) is 35.9 Å². The Kier molecular flexibility index (Phi) is 13.1. The van der Waals surface area contributed by atoms with Crippen molar-refractivity contribution < 1.29 is 34.2 Å². The number of guanidine groups is 1. The van der Waals surface area contributed by atoms with Crippen molar-refractivity contribution in [3.63, 3.8) is 0 Å². The van der Waals surface area contributed by atoms with Gasteiger partial charge in [0.15, 0.2) is 5.96 Å². The SMILES string of the molecule is NC(=O)CC(N)C(=O)NC(Cc1ccccc1)C(=O)NC(CCCN=C(N)N)C(=O)NC(CO)C(=O)O. The van der Waals surface area contributed by atoms with Gasteiger partial charge in [-0.2, -0.15) is 0 Å². The normalized spacial score (nSPS) is 13.8. The Morgan fingerprint density at radius 2 is 1.43 bits per heavy atom.